The molecule has 1 saturated carbocycles. The Morgan fingerprint density at radius 3 is 2.33 bits per heavy atom. The Morgan fingerprint density at radius 2 is 1.89 bits per heavy atom. The second-order valence-corrected chi connectivity index (χ2v) is 5.54. The molecule has 0 spiro atoms. The second kappa shape index (κ2) is 6.18. The van der Waals surface area contributed by atoms with E-state index >= 15 is 0 Å². The van der Waals surface area contributed by atoms with Crippen molar-refractivity contribution in [2.75, 3.05) is 6.54 Å². The normalized spacial score (nSPS) is 27.3. The predicted octanol–water partition coefficient (Wildman–Crippen LogP) is 1.12. The fraction of sp³-hybridized carbons (Fsp3) is 0.846. The molecule has 0 aliphatic heterocycles. The summed E-state index contributed by atoms with van der Waals surface area (Å²) in [5, 5.41) is 11.8. The van der Waals surface area contributed by atoms with Crippen LogP contribution in [-0.4, -0.2) is 29.1 Å². The monoisotopic (exact) mass is 256 g/mol. The summed E-state index contributed by atoms with van der Waals surface area (Å²) in [6.07, 6.45) is 3.76. The molecule has 1 amide bonds. The number of carbonyl (C=O) groups excluding carboxylic acids is 1. The molecular weight excluding hydrogens is 232 g/mol. The van der Waals surface area contributed by atoms with Crippen molar-refractivity contribution in [3.63, 3.8) is 0 Å². The lowest BCUT2D eigenvalue weighted by atomic mass is 9.82. The lowest BCUT2D eigenvalue weighted by Crippen LogP contribution is -2.52. The van der Waals surface area contributed by atoms with Crippen LogP contribution in [-0.2, 0) is 9.59 Å². The third kappa shape index (κ3) is 3.98. The van der Waals surface area contributed by atoms with Gasteiger partial charge < -0.3 is 16.2 Å². The second-order valence-electron chi connectivity index (χ2n) is 5.54. The van der Waals surface area contributed by atoms with Crippen LogP contribution >= 0.6 is 0 Å². The number of carboxylic acid groups (broad SMARTS) is 1. The van der Waals surface area contributed by atoms with Gasteiger partial charge in [-0.25, -0.2) is 0 Å². The van der Waals surface area contributed by atoms with E-state index in [0.717, 1.165) is 12.8 Å². The van der Waals surface area contributed by atoms with Crippen LogP contribution < -0.4 is 11.1 Å². The largest absolute Gasteiger partial charge is 0.481 e. The van der Waals surface area contributed by atoms with Crippen molar-refractivity contribution in [3.05, 3.63) is 0 Å². The molecule has 0 aromatic rings. The number of aliphatic carboxylic acids is 1. The molecule has 18 heavy (non-hydrogen) atoms. The van der Waals surface area contributed by atoms with E-state index in [2.05, 4.69) is 5.32 Å². The van der Waals surface area contributed by atoms with Crippen molar-refractivity contribution in [2.24, 2.45) is 17.6 Å². The zero-order chi connectivity index (χ0) is 13.8. The highest BCUT2D eigenvalue weighted by molar-refractivity contribution is 5.85. The molecule has 1 aliphatic carbocycles. The van der Waals surface area contributed by atoms with Gasteiger partial charge in [0.1, 0.15) is 0 Å². The molecule has 0 aromatic carbocycles. The summed E-state index contributed by atoms with van der Waals surface area (Å²) in [7, 11) is 0. The molecule has 104 valence electrons. The standard InChI is InChI=1S/C13H24N2O3/c1-3-13(2,14)12(18)15-8-9-4-6-10(7-5-9)11(16)17/h9-10H,3-8,14H2,1-2H3,(H,15,18)(H,16,17). The minimum absolute atomic E-state index is 0.120. The molecular formula is C13H24N2O3. The number of hydrogen-bond acceptors (Lipinski definition) is 3. The van der Waals surface area contributed by atoms with Gasteiger partial charge in [0.15, 0.2) is 0 Å². The van der Waals surface area contributed by atoms with E-state index in [-0.39, 0.29) is 11.8 Å². The van der Waals surface area contributed by atoms with Crippen molar-refractivity contribution in [1.29, 1.82) is 0 Å². The van der Waals surface area contributed by atoms with E-state index < -0.39 is 11.5 Å². The first-order chi connectivity index (χ1) is 8.36. The van der Waals surface area contributed by atoms with Crippen LogP contribution in [0.15, 0.2) is 0 Å². The van der Waals surface area contributed by atoms with E-state index in [4.69, 9.17) is 10.8 Å². The van der Waals surface area contributed by atoms with Crippen molar-refractivity contribution < 1.29 is 14.7 Å². The molecule has 4 N–H and O–H groups in total. The van der Waals surface area contributed by atoms with Gasteiger partial charge >= 0.3 is 5.97 Å². The predicted molar refractivity (Wildman–Crippen MR) is 69.0 cm³/mol. The number of rotatable bonds is 5. The van der Waals surface area contributed by atoms with Gasteiger partial charge in [-0.3, -0.25) is 9.59 Å². The van der Waals surface area contributed by atoms with Crippen LogP contribution in [0.5, 0.6) is 0 Å². The van der Waals surface area contributed by atoms with Crippen molar-refractivity contribution >= 4 is 11.9 Å². The molecule has 0 bridgehead atoms. The average molecular weight is 256 g/mol. The first-order valence-corrected chi connectivity index (χ1v) is 6.66. The summed E-state index contributed by atoms with van der Waals surface area (Å²) in [5.74, 6) is -0.632. The SMILES string of the molecule is CCC(C)(N)C(=O)NCC1CCC(C(=O)O)CC1. The highest BCUT2D eigenvalue weighted by atomic mass is 16.4. The maximum atomic E-state index is 11.8. The van der Waals surface area contributed by atoms with Crippen molar-refractivity contribution in [1.82, 2.24) is 5.32 Å². The topological polar surface area (TPSA) is 92.4 Å². The minimum Gasteiger partial charge on any atom is -0.481 e. The van der Waals surface area contributed by atoms with Crippen LogP contribution in [0.1, 0.15) is 46.0 Å². The number of nitrogens with two attached hydrogens (primary N) is 1. The van der Waals surface area contributed by atoms with Crippen LogP contribution in [0.3, 0.4) is 0 Å². The van der Waals surface area contributed by atoms with Gasteiger partial charge in [-0.2, -0.15) is 0 Å². The summed E-state index contributed by atoms with van der Waals surface area (Å²) in [6, 6.07) is 0. The third-order valence-corrected chi connectivity index (χ3v) is 4.00. The zero-order valence-corrected chi connectivity index (χ0v) is 11.2. The number of hydrogen-bond donors (Lipinski definition) is 3. The summed E-state index contributed by atoms with van der Waals surface area (Å²) in [6.45, 7) is 4.22. The molecule has 0 heterocycles. The highest BCUT2D eigenvalue weighted by Crippen LogP contribution is 2.28. The Bertz CT molecular complexity index is 307. The average Bonchev–Trinajstić information content (AvgIpc) is 2.36. The number of carboxylic acids is 1. The maximum absolute atomic E-state index is 11.8. The van der Waals surface area contributed by atoms with Gasteiger partial charge in [0, 0.05) is 6.54 Å². The van der Waals surface area contributed by atoms with Gasteiger partial charge in [-0.05, 0) is 44.9 Å². The molecule has 1 atom stereocenters. The lowest BCUT2D eigenvalue weighted by molar-refractivity contribution is -0.143. The molecule has 1 rings (SSSR count). The summed E-state index contributed by atoms with van der Waals surface area (Å²) >= 11 is 0. The quantitative estimate of drug-likeness (QED) is 0.687. The van der Waals surface area contributed by atoms with E-state index in [1.54, 1.807) is 6.92 Å². The van der Waals surface area contributed by atoms with Gasteiger partial charge in [0.25, 0.3) is 0 Å². The van der Waals surface area contributed by atoms with Crippen LogP contribution in [0.25, 0.3) is 0 Å². The van der Waals surface area contributed by atoms with Crippen LogP contribution in [0, 0.1) is 11.8 Å². The lowest BCUT2D eigenvalue weighted by Gasteiger charge is -2.28. The highest BCUT2D eigenvalue weighted by Gasteiger charge is 2.29. The van der Waals surface area contributed by atoms with E-state index in [9.17, 15) is 9.59 Å². The number of carbonyl (C=O) groups is 2. The Hall–Kier alpha value is -1.10. The minimum atomic E-state index is -0.807. The zero-order valence-electron chi connectivity index (χ0n) is 11.2. The third-order valence-electron chi connectivity index (χ3n) is 4.00. The van der Waals surface area contributed by atoms with Crippen LogP contribution in [0.2, 0.25) is 0 Å². The van der Waals surface area contributed by atoms with Crippen LogP contribution in [0.4, 0.5) is 0 Å². The molecule has 1 unspecified atom stereocenters. The first kappa shape index (κ1) is 15.0. The summed E-state index contributed by atoms with van der Waals surface area (Å²) in [5.41, 5.74) is 5.04. The van der Waals surface area contributed by atoms with E-state index in [0.29, 0.717) is 31.7 Å². The smallest absolute Gasteiger partial charge is 0.306 e. The maximum Gasteiger partial charge on any atom is 0.306 e. The van der Waals surface area contributed by atoms with Crippen molar-refractivity contribution in [3.8, 4) is 0 Å². The van der Waals surface area contributed by atoms with Gasteiger partial charge in [0.2, 0.25) is 5.91 Å². The van der Waals surface area contributed by atoms with Gasteiger partial charge in [-0.15, -0.1) is 0 Å². The fourth-order valence-electron chi connectivity index (χ4n) is 2.21. The summed E-state index contributed by atoms with van der Waals surface area (Å²) in [4.78, 5) is 22.6. The Morgan fingerprint density at radius 1 is 1.33 bits per heavy atom. The number of amides is 1. The molecule has 1 fully saturated rings. The molecule has 0 radical (unpaired) electrons. The molecule has 5 heteroatoms. The Kier molecular flexibility index (Phi) is 5.14. The molecule has 0 aromatic heterocycles. The van der Waals surface area contributed by atoms with Gasteiger partial charge in [0.05, 0.1) is 11.5 Å². The van der Waals surface area contributed by atoms with Gasteiger partial charge in [-0.1, -0.05) is 6.92 Å². The first-order valence-electron chi connectivity index (χ1n) is 6.66. The van der Waals surface area contributed by atoms with E-state index in [1.807, 2.05) is 6.92 Å². The van der Waals surface area contributed by atoms with Crippen molar-refractivity contribution in [2.45, 2.75) is 51.5 Å². The fourth-order valence-corrected chi connectivity index (χ4v) is 2.21. The molecule has 0 saturated heterocycles. The Balaban J connectivity index is 2.30. The molecule has 5 nitrogen and oxygen atoms in total. The Labute approximate surface area is 108 Å². The van der Waals surface area contributed by atoms with E-state index in [1.165, 1.54) is 0 Å². The summed E-state index contributed by atoms with van der Waals surface area (Å²) < 4.78 is 0. The molecule has 1 aliphatic rings. The number of nitrogens with one attached hydrogen (secondary N) is 1.